The van der Waals surface area contributed by atoms with Crippen molar-refractivity contribution in [1.29, 1.82) is 0 Å². The molecule has 0 heterocycles. The Morgan fingerprint density at radius 3 is 2.12 bits per heavy atom. The molecule has 50 heavy (non-hydrogen) atoms. The van der Waals surface area contributed by atoms with E-state index in [-0.39, 0.29) is 40.0 Å². The zero-order valence-corrected chi connectivity index (χ0v) is 28.2. The smallest absolute Gasteiger partial charge is 0.272 e. The lowest BCUT2D eigenvalue weighted by Crippen LogP contribution is -2.30. The summed E-state index contributed by atoms with van der Waals surface area (Å²) in [6.07, 6.45) is 2.10. The molecule has 9 heteroatoms. The molecule has 3 amide bonds. The molecule has 6 rings (SSSR count). The van der Waals surface area contributed by atoms with E-state index in [9.17, 15) is 24.0 Å². The van der Waals surface area contributed by atoms with Crippen LogP contribution in [0.1, 0.15) is 66.7 Å². The molecular formula is C41H33N3O5S. The van der Waals surface area contributed by atoms with E-state index < -0.39 is 17.1 Å². The third kappa shape index (κ3) is 7.33. The average Bonchev–Trinajstić information content (AvgIpc) is 3.13. The lowest BCUT2D eigenvalue weighted by molar-refractivity contribution is -0.116. The van der Waals surface area contributed by atoms with E-state index in [1.807, 2.05) is 50.2 Å². The van der Waals surface area contributed by atoms with Crippen molar-refractivity contribution < 1.29 is 24.0 Å². The van der Waals surface area contributed by atoms with Crippen LogP contribution in [0.5, 0.6) is 0 Å². The fourth-order valence-corrected chi connectivity index (χ4v) is 6.65. The van der Waals surface area contributed by atoms with Gasteiger partial charge in [-0.1, -0.05) is 91.9 Å². The Bertz CT molecular complexity index is 2180. The molecule has 0 fully saturated rings. The predicted molar refractivity (Wildman–Crippen MR) is 196 cm³/mol. The molecule has 5 aromatic rings. The molecule has 0 bridgehead atoms. The number of benzene rings is 5. The number of nitrogens with one attached hydrogen (secondary N) is 3. The van der Waals surface area contributed by atoms with Crippen LogP contribution in [0.15, 0.2) is 132 Å². The quantitative estimate of drug-likeness (QED) is 0.101. The van der Waals surface area contributed by atoms with E-state index in [0.29, 0.717) is 28.8 Å². The third-order valence-corrected chi connectivity index (χ3v) is 9.62. The van der Waals surface area contributed by atoms with Crippen molar-refractivity contribution in [3.05, 3.63) is 166 Å². The highest BCUT2D eigenvalue weighted by Crippen LogP contribution is 2.34. The first-order valence-electron chi connectivity index (χ1n) is 16.1. The van der Waals surface area contributed by atoms with Crippen LogP contribution in [0.3, 0.4) is 0 Å². The molecule has 0 saturated heterocycles. The Labute approximate surface area is 294 Å². The molecule has 1 unspecified atom stereocenters. The molecule has 0 aliphatic heterocycles. The second kappa shape index (κ2) is 15.0. The van der Waals surface area contributed by atoms with E-state index in [0.717, 1.165) is 16.0 Å². The molecule has 0 saturated carbocycles. The van der Waals surface area contributed by atoms with Gasteiger partial charge in [0.15, 0.2) is 11.6 Å². The monoisotopic (exact) mass is 679 g/mol. The van der Waals surface area contributed by atoms with Crippen molar-refractivity contribution in [2.75, 3.05) is 10.6 Å². The zero-order chi connectivity index (χ0) is 35.2. The van der Waals surface area contributed by atoms with E-state index in [2.05, 4.69) is 16.0 Å². The summed E-state index contributed by atoms with van der Waals surface area (Å²) < 4.78 is 0. The molecule has 0 spiro atoms. The van der Waals surface area contributed by atoms with Crippen LogP contribution in [0.2, 0.25) is 0 Å². The van der Waals surface area contributed by atoms with Crippen LogP contribution in [-0.4, -0.2) is 34.5 Å². The summed E-state index contributed by atoms with van der Waals surface area (Å²) in [5.74, 6) is -1.84. The Hall–Kier alpha value is -6.06. The Morgan fingerprint density at radius 1 is 0.720 bits per heavy atom. The highest BCUT2D eigenvalue weighted by molar-refractivity contribution is 8.00. The minimum atomic E-state index is -0.555. The fraction of sp³-hybridized carbons (Fsp3) is 0.0976. The molecule has 3 N–H and O–H groups in total. The number of aryl methyl sites for hydroxylation is 1. The number of rotatable bonds is 10. The van der Waals surface area contributed by atoms with E-state index in [1.54, 1.807) is 91.0 Å². The highest BCUT2D eigenvalue weighted by atomic mass is 32.2. The van der Waals surface area contributed by atoms with Crippen molar-refractivity contribution in [2.45, 2.75) is 30.4 Å². The zero-order valence-electron chi connectivity index (χ0n) is 27.4. The first-order chi connectivity index (χ1) is 24.2. The van der Waals surface area contributed by atoms with Gasteiger partial charge in [-0.25, -0.2) is 0 Å². The van der Waals surface area contributed by atoms with Crippen molar-refractivity contribution in [3.8, 4) is 0 Å². The van der Waals surface area contributed by atoms with Gasteiger partial charge in [0.05, 0.1) is 16.5 Å². The molecule has 1 atom stereocenters. The number of hydrogen-bond donors (Lipinski definition) is 3. The van der Waals surface area contributed by atoms with Crippen LogP contribution in [0, 0.1) is 6.92 Å². The maximum absolute atomic E-state index is 13.6. The van der Waals surface area contributed by atoms with E-state index in [4.69, 9.17) is 0 Å². The topological polar surface area (TPSA) is 121 Å². The number of ketones is 2. The number of thioether (sulfide) groups is 1. The van der Waals surface area contributed by atoms with Gasteiger partial charge in [-0.05, 0) is 66.9 Å². The minimum Gasteiger partial charge on any atom is -0.324 e. The largest absolute Gasteiger partial charge is 0.324 e. The standard InChI is InChI=1S/C41H33N3O5S/c1-3-35(41(49)43-33-22-12-21-32-36(33)38(46)31-20-10-9-19-30(31)37(32)45)50-29-18-11-17-28(24-29)42-40(48)34(23-27-16-8-7-13-25(27)2)44-39(47)26-14-5-4-6-15-26/h4-24,35H,3H2,1-2H3,(H,42,48)(H,43,49)(H,44,47)/b34-23+. The fourth-order valence-electron chi connectivity index (χ4n) is 5.64. The van der Waals surface area contributed by atoms with Crippen LogP contribution < -0.4 is 16.0 Å². The minimum absolute atomic E-state index is 0.0684. The van der Waals surface area contributed by atoms with Crippen molar-refractivity contribution in [3.63, 3.8) is 0 Å². The van der Waals surface area contributed by atoms with Gasteiger partial charge in [0.2, 0.25) is 5.91 Å². The van der Waals surface area contributed by atoms with Crippen LogP contribution in [0.25, 0.3) is 6.08 Å². The Morgan fingerprint density at radius 2 is 1.38 bits per heavy atom. The van der Waals surface area contributed by atoms with Crippen LogP contribution in [-0.2, 0) is 9.59 Å². The molecular weight excluding hydrogens is 647 g/mol. The molecule has 8 nitrogen and oxygen atoms in total. The van der Waals surface area contributed by atoms with E-state index >= 15 is 0 Å². The second-order valence-electron chi connectivity index (χ2n) is 11.7. The van der Waals surface area contributed by atoms with Crippen molar-refractivity contribution in [2.24, 2.45) is 0 Å². The number of anilines is 2. The predicted octanol–water partition coefficient (Wildman–Crippen LogP) is 7.69. The summed E-state index contributed by atoms with van der Waals surface area (Å²) in [7, 11) is 0. The second-order valence-corrected chi connectivity index (χ2v) is 12.9. The molecule has 1 aliphatic carbocycles. The van der Waals surface area contributed by atoms with Gasteiger partial charge in [0.25, 0.3) is 11.8 Å². The maximum Gasteiger partial charge on any atom is 0.272 e. The lowest BCUT2D eigenvalue weighted by atomic mass is 9.83. The maximum atomic E-state index is 13.6. The van der Waals surface area contributed by atoms with Gasteiger partial charge in [0.1, 0.15) is 5.70 Å². The third-order valence-electron chi connectivity index (χ3n) is 8.26. The van der Waals surface area contributed by atoms with Crippen molar-refractivity contribution in [1.82, 2.24) is 5.32 Å². The van der Waals surface area contributed by atoms with Crippen LogP contribution >= 0.6 is 11.8 Å². The summed E-state index contributed by atoms with van der Waals surface area (Å²) in [5.41, 5.74) is 4.05. The van der Waals surface area contributed by atoms with Crippen LogP contribution in [0.4, 0.5) is 11.4 Å². The Kier molecular flexibility index (Phi) is 10.2. The van der Waals surface area contributed by atoms with Gasteiger partial charge in [-0.2, -0.15) is 0 Å². The summed E-state index contributed by atoms with van der Waals surface area (Å²) in [4.78, 5) is 67.6. The van der Waals surface area contributed by atoms with Gasteiger partial charge < -0.3 is 16.0 Å². The van der Waals surface area contributed by atoms with Crippen molar-refractivity contribution >= 4 is 58.5 Å². The normalized spacial score (nSPS) is 12.7. The molecule has 0 radical (unpaired) electrons. The van der Waals surface area contributed by atoms with Gasteiger partial charge in [-0.15, -0.1) is 11.8 Å². The highest BCUT2D eigenvalue weighted by Gasteiger charge is 2.32. The van der Waals surface area contributed by atoms with Gasteiger partial charge in [-0.3, -0.25) is 24.0 Å². The molecule has 5 aromatic carbocycles. The summed E-state index contributed by atoms with van der Waals surface area (Å²) in [6, 6.07) is 34.8. The number of carbonyl (C=O) groups excluding carboxylic acids is 5. The molecule has 0 aromatic heterocycles. The number of hydrogen-bond acceptors (Lipinski definition) is 6. The summed E-state index contributed by atoms with van der Waals surface area (Å²) in [6.45, 7) is 3.80. The summed E-state index contributed by atoms with van der Waals surface area (Å²) >= 11 is 1.31. The molecule has 248 valence electrons. The Balaban J connectivity index is 1.19. The first kappa shape index (κ1) is 33.8. The molecule has 1 aliphatic rings. The number of fused-ring (bicyclic) bond motifs is 2. The van der Waals surface area contributed by atoms with Gasteiger partial charge >= 0.3 is 0 Å². The number of amides is 3. The van der Waals surface area contributed by atoms with Gasteiger partial charge in [0, 0.05) is 32.8 Å². The average molecular weight is 680 g/mol. The SMILES string of the molecule is CCC(Sc1cccc(NC(=O)/C(=C\c2ccccc2C)NC(=O)c2ccccc2)c1)C(=O)Nc1cccc2c1C(=O)c1ccccc1C2=O. The lowest BCUT2D eigenvalue weighted by Gasteiger charge is -2.21. The summed E-state index contributed by atoms with van der Waals surface area (Å²) in [5, 5.41) is 7.99. The number of carbonyl (C=O) groups is 5. The first-order valence-corrected chi connectivity index (χ1v) is 17.0. The van der Waals surface area contributed by atoms with E-state index in [1.165, 1.54) is 11.8 Å².